The van der Waals surface area contributed by atoms with Crippen LogP contribution < -0.4 is 27.4 Å². The quantitative estimate of drug-likeness (QED) is 0.0931. The normalized spacial score (nSPS) is 17.1. The van der Waals surface area contributed by atoms with E-state index in [-0.39, 0.29) is 29.7 Å². The number of carbonyl (C=O) groups excluding carboxylic acids is 3. The Hall–Kier alpha value is -5.22. The largest absolute Gasteiger partial charge is 0.370 e. The van der Waals surface area contributed by atoms with Crippen LogP contribution in [0.2, 0.25) is 0 Å². The average molecular weight is 620 g/mol. The van der Waals surface area contributed by atoms with Crippen LogP contribution >= 0.6 is 0 Å². The second-order valence-electron chi connectivity index (χ2n) is 11.5. The first kappa shape index (κ1) is 32.2. The lowest BCUT2D eigenvalue weighted by molar-refractivity contribution is -0.133. The van der Waals surface area contributed by atoms with Crippen molar-refractivity contribution in [3.63, 3.8) is 0 Å². The van der Waals surface area contributed by atoms with Crippen molar-refractivity contribution < 1.29 is 14.4 Å². The zero-order valence-electron chi connectivity index (χ0n) is 25.8. The standard InChI is InChI=1S/C36H41N7O3/c37-36(38)39-20-9-16-31-35(46)43(24-32(26-11-3-1-4-12-26)42-34(45)27-13-5-2-6-14-27)21-19-30(41-31)23-40-33(44)29-18-17-25-10-7-8-15-28(25)22-29/h1-8,10-15,17-18,22,30-32,41H,9,16,19-21,23-24H2,(H,40,44)(H,42,45)(H4,37,38,39)/t30-,31-,32+/m1/s1. The maximum absolute atomic E-state index is 14.0. The zero-order chi connectivity index (χ0) is 32.3. The SMILES string of the molecule is NC(N)=NCCC[C@H]1N[C@@H](CNC(=O)c2ccc3ccccc3c2)CCN(C[C@H](NC(=O)c2ccccc2)c2ccccc2)C1=O. The molecule has 7 N–H and O–H groups in total. The van der Waals surface area contributed by atoms with E-state index in [9.17, 15) is 14.4 Å². The van der Waals surface area contributed by atoms with E-state index in [1.807, 2.05) is 95.9 Å². The molecule has 1 aliphatic heterocycles. The molecule has 0 radical (unpaired) electrons. The van der Waals surface area contributed by atoms with Crippen LogP contribution in [-0.2, 0) is 4.79 Å². The number of fused-ring (bicyclic) bond motifs is 1. The van der Waals surface area contributed by atoms with Crippen molar-refractivity contribution in [2.75, 3.05) is 26.2 Å². The van der Waals surface area contributed by atoms with Crippen LogP contribution in [0.3, 0.4) is 0 Å². The number of nitrogens with zero attached hydrogens (tertiary/aromatic N) is 2. The van der Waals surface area contributed by atoms with E-state index in [4.69, 9.17) is 11.5 Å². The number of aliphatic imine (C=N–C) groups is 1. The first-order valence-corrected chi connectivity index (χ1v) is 15.7. The van der Waals surface area contributed by atoms with Crippen molar-refractivity contribution in [3.8, 4) is 0 Å². The lowest BCUT2D eigenvalue weighted by atomic mass is 10.0. The van der Waals surface area contributed by atoms with Gasteiger partial charge < -0.3 is 32.3 Å². The fraction of sp³-hybridized carbons (Fsp3) is 0.278. The lowest BCUT2D eigenvalue weighted by Gasteiger charge is -2.29. The van der Waals surface area contributed by atoms with Crippen molar-refractivity contribution in [2.24, 2.45) is 16.5 Å². The van der Waals surface area contributed by atoms with Crippen LogP contribution in [0.4, 0.5) is 0 Å². The minimum atomic E-state index is -0.513. The summed E-state index contributed by atoms with van der Waals surface area (Å²) < 4.78 is 0. The number of hydrogen-bond acceptors (Lipinski definition) is 5. The smallest absolute Gasteiger partial charge is 0.251 e. The Kier molecular flexibility index (Phi) is 11.0. The summed E-state index contributed by atoms with van der Waals surface area (Å²) in [5.41, 5.74) is 13.1. The molecule has 0 unspecified atom stereocenters. The van der Waals surface area contributed by atoms with Crippen molar-refractivity contribution in [2.45, 2.75) is 37.4 Å². The Morgan fingerprint density at radius 2 is 1.57 bits per heavy atom. The van der Waals surface area contributed by atoms with E-state index in [2.05, 4.69) is 20.9 Å². The van der Waals surface area contributed by atoms with Crippen molar-refractivity contribution in [1.29, 1.82) is 0 Å². The number of benzene rings is 4. The summed E-state index contributed by atoms with van der Waals surface area (Å²) in [4.78, 5) is 46.2. The molecule has 1 heterocycles. The Balaban J connectivity index is 1.30. The third-order valence-corrected chi connectivity index (χ3v) is 8.21. The Bertz CT molecular complexity index is 1660. The van der Waals surface area contributed by atoms with Crippen LogP contribution in [0.15, 0.2) is 108 Å². The molecule has 0 bridgehead atoms. The molecule has 1 fully saturated rings. The summed E-state index contributed by atoms with van der Waals surface area (Å²) in [6.45, 7) is 1.50. The molecule has 5 rings (SSSR count). The van der Waals surface area contributed by atoms with Gasteiger partial charge in [-0.1, -0.05) is 78.9 Å². The molecule has 0 aromatic heterocycles. The first-order chi connectivity index (χ1) is 22.4. The maximum Gasteiger partial charge on any atom is 0.251 e. The third-order valence-electron chi connectivity index (χ3n) is 8.21. The van der Waals surface area contributed by atoms with Gasteiger partial charge in [-0.25, -0.2) is 0 Å². The minimum absolute atomic E-state index is 0.0101. The highest BCUT2D eigenvalue weighted by Gasteiger charge is 2.32. The monoisotopic (exact) mass is 619 g/mol. The molecule has 0 saturated carbocycles. The summed E-state index contributed by atoms with van der Waals surface area (Å²) >= 11 is 0. The zero-order valence-corrected chi connectivity index (χ0v) is 25.8. The van der Waals surface area contributed by atoms with Gasteiger partial charge in [0.1, 0.15) is 0 Å². The van der Waals surface area contributed by atoms with Gasteiger partial charge in [0.15, 0.2) is 5.96 Å². The fourth-order valence-electron chi connectivity index (χ4n) is 5.75. The molecule has 238 valence electrons. The van der Waals surface area contributed by atoms with E-state index >= 15 is 0 Å². The Morgan fingerprint density at radius 1 is 0.870 bits per heavy atom. The van der Waals surface area contributed by atoms with E-state index in [1.165, 1.54) is 0 Å². The number of rotatable bonds is 12. The van der Waals surface area contributed by atoms with Crippen LogP contribution in [0.1, 0.15) is 51.6 Å². The molecule has 1 aliphatic rings. The summed E-state index contributed by atoms with van der Waals surface area (Å²) in [6, 6.07) is 31.2. The maximum atomic E-state index is 14.0. The number of carbonyl (C=O) groups is 3. The average Bonchev–Trinajstić information content (AvgIpc) is 3.23. The topological polar surface area (TPSA) is 155 Å². The predicted molar refractivity (Wildman–Crippen MR) is 181 cm³/mol. The van der Waals surface area contributed by atoms with Crippen molar-refractivity contribution in [3.05, 3.63) is 120 Å². The number of nitrogens with one attached hydrogen (secondary N) is 3. The van der Waals surface area contributed by atoms with Gasteiger partial charge in [-0.05, 0) is 59.9 Å². The first-order valence-electron chi connectivity index (χ1n) is 15.7. The van der Waals surface area contributed by atoms with Gasteiger partial charge in [-0.15, -0.1) is 0 Å². The van der Waals surface area contributed by atoms with E-state index < -0.39 is 12.1 Å². The second kappa shape index (κ2) is 15.7. The molecule has 4 aromatic carbocycles. The van der Waals surface area contributed by atoms with Gasteiger partial charge in [0.2, 0.25) is 5.91 Å². The Labute approximate surface area is 269 Å². The number of guanidine groups is 1. The number of hydrogen-bond donors (Lipinski definition) is 5. The molecule has 10 heteroatoms. The van der Waals surface area contributed by atoms with Crippen LogP contribution in [0.5, 0.6) is 0 Å². The molecule has 4 aromatic rings. The van der Waals surface area contributed by atoms with Gasteiger partial charge in [-0.3, -0.25) is 19.4 Å². The summed E-state index contributed by atoms with van der Waals surface area (Å²) in [6.07, 6.45) is 1.72. The minimum Gasteiger partial charge on any atom is -0.370 e. The summed E-state index contributed by atoms with van der Waals surface area (Å²) in [7, 11) is 0. The molecule has 3 atom stereocenters. The highest BCUT2D eigenvalue weighted by molar-refractivity contribution is 5.98. The Morgan fingerprint density at radius 3 is 2.30 bits per heavy atom. The molecule has 0 spiro atoms. The predicted octanol–water partition coefficient (Wildman–Crippen LogP) is 3.35. The van der Waals surface area contributed by atoms with Gasteiger partial charge in [0.05, 0.1) is 12.1 Å². The van der Waals surface area contributed by atoms with Crippen molar-refractivity contribution >= 4 is 34.5 Å². The number of amides is 3. The molecule has 0 aliphatic carbocycles. The third kappa shape index (κ3) is 8.70. The van der Waals surface area contributed by atoms with Gasteiger partial charge in [-0.2, -0.15) is 0 Å². The van der Waals surface area contributed by atoms with E-state index in [1.54, 1.807) is 12.1 Å². The van der Waals surface area contributed by atoms with Crippen LogP contribution in [-0.4, -0.2) is 66.8 Å². The van der Waals surface area contributed by atoms with Gasteiger partial charge >= 0.3 is 0 Å². The van der Waals surface area contributed by atoms with E-state index in [0.717, 1.165) is 16.3 Å². The highest BCUT2D eigenvalue weighted by atomic mass is 16.2. The second-order valence-corrected chi connectivity index (χ2v) is 11.5. The van der Waals surface area contributed by atoms with Crippen molar-refractivity contribution in [1.82, 2.24) is 20.9 Å². The van der Waals surface area contributed by atoms with E-state index in [0.29, 0.717) is 56.6 Å². The fourth-order valence-corrected chi connectivity index (χ4v) is 5.75. The lowest BCUT2D eigenvalue weighted by Crippen LogP contribution is -2.50. The molecule has 10 nitrogen and oxygen atoms in total. The highest BCUT2D eigenvalue weighted by Crippen LogP contribution is 2.20. The van der Waals surface area contributed by atoms with Gasteiger partial charge in [0, 0.05) is 43.3 Å². The molecule has 1 saturated heterocycles. The van der Waals surface area contributed by atoms with Crippen LogP contribution in [0, 0.1) is 0 Å². The molecule has 46 heavy (non-hydrogen) atoms. The number of nitrogens with two attached hydrogens (primary N) is 2. The van der Waals surface area contributed by atoms with Crippen LogP contribution in [0.25, 0.3) is 10.8 Å². The summed E-state index contributed by atoms with van der Waals surface area (Å²) in [5.74, 6) is -0.436. The molecule has 3 amide bonds. The molecular formula is C36H41N7O3. The van der Waals surface area contributed by atoms with Gasteiger partial charge in [0.25, 0.3) is 11.8 Å². The molecular weight excluding hydrogens is 578 g/mol. The summed E-state index contributed by atoms with van der Waals surface area (Å²) in [5, 5.41) is 11.8.